The lowest BCUT2D eigenvalue weighted by atomic mass is 9.98. The van der Waals surface area contributed by atoms with Gasteiger partial charge in [0, 0.05) is 20.1 Å². The van der Waals surface area contributed by atoms with E-state index >= 15 is 0 Å². The number of amides is 4. The van der Waals surface area contributed by atoms with Crippen molar-refractivity contribution in [3.8, 4) is 0 Å². The van der Waals surface area contributed by atoms with E-state index in [9.17, 15) is 14.4 Å². The van der Waals surface area contributed by atoms with Gasteiger partial charge in [0.05, 0.1) is 13.1 Å². The second-order valence-electron chi connectivity index (χ2n) is 10.1. The molecule has 3 aromatic carbocycles. The minimum atomic E-state index is -0.634. The molecule has 0 spiro atoms. The molecule has 8 heteroatoms. The highest BCUT2D eigenvalue weighted by molar-refractivity contribution is 5.91. The maximum absolute atomic E-state index is 13.8. The molecule has 2 heterocycles. The molecule has 1 N–H and O–H groups in total. The fourth-order valence-electron chi connectivity index (χ4n) is 5.49. The van der Waals surface area contributed by atoms with Gasteiger partial charge < -0.3 is 15.1 Å². The summed E-state index contributed by atoms with van der Waals surface area (Å²) in [7, 11) is 1.75. The van der Waals surface area contributed by atoms with E-state index < -0.39 is 12.2 Å². The molecule has 0 radical (unpaired) electrons. The standard InChI is InChI=1S/C31H35N5O3/c1-33-23-29(37)35-27(18-17-24-11-5-2-6-12-24)30(38)34(20-19-25-13-7-3-8-14-25)22-28(35)36(33)31(39)32-21-26-15-9-4-10-16-26/h2-16,27-28H,17-23H2,1H3,(H,32,39)/t27-,28-/m0/s1. The van der Waals surface area contributed by atoms with Gasteiger partial charge in [-0.3, -0.25) is 9.59 Å². The van der Waals surface area contributed by atoms with E-state index in [-0.39, 0.29) is 30.9 Å². The van der Waals surface area contributed by atoms with Gasteiger partial charge in [-0.25, -0.2) is 14.8 Å². The van der Waals surface area contributed by atoms with Crippen LogP contribution in [0.3, 0.4) is 0 Å². The van der Waals surface area contributed by atoms with E-state index in [0.717, 1.165) is 16.7 Å². The van der Waals surface area contributed by atoms with Crippen molar-refractivity contribution in [3.05, 3.63) is 108 Å². The first kappa shape index (κ1) is 26.4. The molecule has 0 aromatic heterocycles. The first-order valence-electron chi connectivity index (χ1n) is 13.5. The van der Waals surface area contributed by atoms with Crippen molar-refractivity contribution in [1.82, 2.24) is 25.1 Å². The Labute approximate surface area is 229 Å². The summed E-state index contributed by atoms with van der Waals surface area (Å²) in [6.45, 7) is 1.20. The number of benzene rings is 3. The van der Waals surface area contributed by atoms with Crippen molar-refractivity contribution in [2.75, 3.05) is 26.7 Å². The van der Waals surface area contributed by atoms with E-state index in [2.05, 4.69) is 17.4 Å². The fourth-order valence-corrected chi connectivity index (χ4v) is 5.49. The number of nitrogens with zero attached hydrogens (tertiary/aromatic N) is 4. The Hall–Kier alpha value is -4.17. The molecule has 2 fully saturated rings. The minimum absolute atomic E-state index is 0.0361. The van der Waals surface area contributed by atoms with Crippen molar-refractivity contribution in [2.24, 2.45) is 0 Å². The van der Waals surface area contributed by atoms with Crippen molar-refractivity contribution in [3.63, 3.8) is 0 Å². The predicted molar refractivity (Wildman–Crippen MR) is 149 cm³/mol. The van der Waals surface area contributed by atoms with E-state index in [4.69, 9.17) is 0 Å². The van der Waals surface area contributed by atoms with Gasteiger partial charge in [-0.1, -0.05) is 91.0 Å². The maximum atomic E-state index is 13.8. The predicted octanol–water partition coefficient (Wildman–Crippen LogP) is 3.30. The smallest absolute Gasteiger partial charge is 0.334 e. The molecule has 8 nitrogen and oxygen atoms in total. The largest absolute Gasteiger partial charge is 0.337 e. The van der Waals surface area contributed by atoms with Crippen LogP contribution in [0.25, 0.3) is 0 Å². The van der Waals surface area contributed by atoms with Gasteiger partial charge in [0.25, 0.3) is 0 Å². The Morgan fingerprint density at radius 2 is 1.38 bits per heavy atom. The summed E-state index contributed by atoms with van der Waals surface area (Å²) in [5.41, 5.74) is 3.24. The topological polar surface area (TPSA) is 76.2 Å². The van der Waals surface area contributed by atoms with Gasteiger partial charge in [0.1, 0.15) is 12.2 Å². The Morgan fingerprint density at radius 3 is 2.00 bits per heavy atom. The average Bonchev–Trinajstić information content (AvgIpc) is 2.96. The van der Waals surface area contributed by atoms with Crippen LogP contribution < -0.4 is 5.32 Å². The van der Waals surface area contributed by atoms with Gasteiger partial charge >= 0.3 is 6.03 Å². The Morgan fingerprint density at radius 1 is 0.821 bits per heavy atom. The molecular formula is C31H35N5O3. The number of nitrogens with one attached hydrogen (secondary N) is 1. The number of hydrogen-bond acceptors (Lipinski definition) is 4. The van der Waals surface area contributed by atoms with Crippen LogP contribution in [0.4, 0.5) is 4.79 Å². The highest BCUT2D eigenvalue weighted by Gasteiger charge is 2.50. The van der Waals surface area contributed by atoms with Gasteiger partial charge in [0.15, 0.2) is 0 Å². The second kappa shape index (κ2) is 12.1. The Kier molecular flexibility index (Phi) is 8.22. The molecule has 2 saturated heterocycles. The van der Waals surface area contributed by atoms with Crippen LogP contribution in [0.1, 0.15) is 23.1 Å². The summed E-state index contributed by atoms with van der Waals surface area (Å²) >= 11 is 0. The molecule has 2 aliphatic rings. The molecule has 5 rings (SSSR count). The SMILES string of the molecule is CN1CC(=O)N2[C@@H](CCc3ccccc3)C(=O)N(CCc3ccccc3)C[C@@H]2N1C(=O)NCc1ccccc1. The quantitative estimate of drug-likeness (QED) is 0.490. The zero-order valence-electron chi connectivity index (χ0n) is 22.3. The maximum Gasteiger partial charge on any atom is 0.334 e. The molecule has 202 valence electrons. The second-order valence-corrected chi connectivity index (χ2v) is 10.1. The van der Waals surface area contributed by atoms with Gasteiger partial charge in [-0.15, -0.1) is 0 Å². The third-order valence-electron chi connectivity index (χ3n) is 7.50. The lowest BCUT2D eigenvalue weighted by Gasteiger charge is -2.54. The van der Waals surface area contributed by atoms with Gasteiger partial charge in [0.2, 0.25) is 11.8 Å². The van der Waals surface area contributed by atoms with Crippen molar-refractivity contribution < 1.29 is 14.4 Å². The molecule has 2 aliphatic heterocycles. The third-order valence-corrected chi connectivity index (χ3v) is 7.50. The average molecular weight is 526 g/mol. The summed E-state index contributed by atoms with van der Waals surface area (Å²) in [5, 5.41) is 6.29. The Balaban J connectivity index is 1.39. The van der Waals surface area contributed by atoms with E-state index in [0.29, 0.717) is 32.4 Å². The number of hydrazine groups is 1. The molecule has 0 aliphatic carbocycles. The molecule has 0 unspecified atom stereocenters. The highest BCUT2D eigenvalue weighted by Crippen LogP contribution is 2.28. The van der Waals surface area contributed by atoms with E-state index in [1.165, 1.54) is 0 Å². The van der Waals surface area contributed by atoms with E-state index in [1.807, 2.05) is 83.8 Å². The van der Waals surface area contributed by atoms with Crippen LogP contribution in [-0.4, -0.2) is 76.6 Å². The van der Waals surface area contributed by atoms with Crippen LogP contribution in [0.5, 0.6) is 0 Å². The molecule has 3 aromatic rings. The molecule has 4 amide bonds. The molecule has 0 bridgehead atoms. The number of likely N-dealkylation sites (N-methyl/N-ethyl adjacent to an activating group) is 1. The third kappa shape index (κ3) is 6.12. The van der Waals surface area contributed by atoms with Crippen molar-refractivity contribution >= 4 is 17.8 Å². The summed E-state index contributed by atoms with van der Waals surface area (Å²) in [5.74, 6) is -0.190. The number of carbonyl (C=O) groups excluding carboxylic acids is 3. The molecular weight excluding hydrogens is 490 g/mol. The summed E-state index contributed by atoms with van der Waals surface area (Å²) in [4.78, 5) is 44.2. The van der Waals surface area contributed by atoms with Crippen LogP contribution in [-0.2, 0) is 29.0 Å². The monoisotopic (exact) mass is 525 g/mol. The summed E-state index contributed by atoms with van der Waals surface area (Å²) in [6, 6.07) is 28.8. The number of rotatable bonds is 8. The number of urea groups is 1. The zero-order chi connectivity index (χ0) is 27.2. The van der Waals surface area contributed by atoms with Crippen molar-refractivity contribution in [2.45, 2.75) is 38.0 Å². The normalized spacial score (nSPS) is 19.7. The first-order valence-corrected chi connectivity index (χ1v) is 13.5. The van der Waals surface area contributed by atoms with E-state index in [1.54, 1.807) is 22.0 Å². The van der Waals surface area contributed by atoms with Crippen LogP contribution in [0.15, 0.2) is 91.0 Å². The first-order chi connectivity index (χ1) is 19.0. The minimum Gasteiger partial charge on any atom is -0.337 e. The fraction of sp³-hybridized carbons (Fsp3) is 0.323. The van der Waals surface area contributed by atoms with Crippen LogP contribution in [0.2, 0.25) is 0 Å². The number of aryl methyl sites for hydroxylation is 1. The van der Waals surface area contributed by atoms with Crippen LogP contribution in [0, 0.1) is 0 Å². The van der Waals surface area contributed by atoms with Crippen molar-refractivity contribution in [1.29, 1.82) is 0 Å². The molecule has 0 saturated carbocycles. The van der Waals surface area contributed by atoms with Gasteiger partial charge in [-0.05, 0) is 36.0 Å². The van der Waals surface area contributed by atoms with Gasteiger partial charge in [-0.2, -0.15) is 0 Å². The summed E-state index contributed by atoms with van der Waals surface area (Å²) in [6.07, 6.45) is 1.28. The summed E-state index contributed by atoms with van der Waals surface area (Å²) < 4.78 is 0. The van der Waals surface area contributed by atoms with Crippen LogP contribution >= 0.6 is 0 Å². The highest BCUT2D eigenvalue weighted by atomic mass is 16.2. The number of piperazine rings is 1. The lowest BCUT2D eigenvalue weighted by molar-refractivity contribution is -0.187. The Bertz CT molecular complexity index is 1270. The molecule has 39 heavy (non-hydrogen) atoms. The number of carbonyl (C=O) groups is 3. The molecule has 2 atom stereocenters. The number of fused-ring (bicyclic) bond motifs is 1. The lowest BCUT2D eigenvalue weighted by Crippen LogP contribution is -2.76. The number of hydrogen-bond donors (Lipinski definition) is 1. The zero-order valence-corrected chi connectivity index (χ0v) is 22.3.